The van der Waals surface area contributed by atoms with Gasteiger partial charge in [0.1, 0.15) is 23.9 Å². The Morgan fingerprint density at radius 3 is 2.43 bits per heavy atom. The summed E-state index contributed by atoms with van der Waals surface area (Å²) in [4.78, 5) is 35.8. The zero-order valence-electron chi connectivity index (χ0n) is 27.6. The number of amides is 2. The molecule has 2 amide bonds. The molecule has 3 aliphatic heterocycles. The van der Waals surface area contributed by atoms with Crippen LogP contribution in [0.1, 0.15) is 89.9 Å². The summed E-state index contributed by atoms with van der Waals surface area (Å²) in [7, 11) is 0. The highest BCUT2D eigenvalue weighted by Gasteiger charge is 2.42. The first-order valence-corrected chi connectivity index (χ1v) is 16.9. The highest BCUT2D eigenvalue weighted by molar-refractivity contribution is 5.97. The number of carbonyl (C=O) groups excluding carboxylic acids is 2. The summed E-state index contributed by atoms with van der Waals surface area (Å²) in [6, 6.07) is 16.3. The molecule has 2 fully saturated rings. The molecular weight excluding hydrogens is 578 g/mol. The SMILES string of the molecule is CCN(CC)CCOc1ccc([C@H](C)NC(=O)c2ccc(N3C4CCC3CC(NC(=O)c3ccc5c(c3C)OCC5)C4)nc2)cc1. The van der Waals surface area contributed by atoms with Crippen molar-refractivity contribution in [1.29, 1.82) is 0 Å². The summed E-state index contributed by atoms with van der Waals surface area (Å²) in [6.45, 7) is 12.5. The smallest absolute Gasteiger partial charge is 0.253 e. The first-order chi connectivity index (χ1) is 22.3. The highest BCUT2D eigenvalue weighted by atomic mass is 16.5. The summed E-state index contributed by atoms with van der Waals surface area (Å²) in [5.74, 6) is 2.43. The third kappa shape index (κ3) is 6.84. The van der Waals surface area contributed by atoms with E-state index in [2.05, 4.69) is 34.3 Å². The van der Waals surface area contributed by atoms with Crippen molar-refractivity contribution < 1.29 is 19.1 Å². The molecule has 244 valence electrons. The van der Waals surface area contributed by atoms with Gasteiger partial charge in [0.15, 0.2) is 0 Å². The molecule has 9 nitrogen and oxygen atoms in total. The average molecular weight is 626 g/mol. The second kappa shape index (κ2) is 14.1. The van der Waals surface area contributed by atoms with E-state index in [9.17, 15) is 9.59 Å². The Balaban J connectivity index is 1.01. The van der Waals surface area contributed by atoms with Crippen LogP contribution in [0.25, 0.3) is 0 Å². The monoisotopic (exact) mass is 625 g/mol. The Morgan fingerprint density at radius 2 is 1.76 bits per heavy atom. The number of hydrogen-bond donors (Lipinski definition) is 2. The number of aromatic nitrogens is 1. The second-order valence-corrected chi connectivity index (χ2v) is 12.8. The average Bonchev–Trinajstić information content (AvgIpc) is 3.66. The number of piperidine rings is 1. The van der Waals surface area contributed by atoms with Crippen LogP contribution < -0.4 is 25.0 Å². The number of carbonyl (C=O) groups is 2. The van der Waals surface area contributed by atoms with E-state index < -0.39 is 0 Å². The summed E-state index contributed by atoms with van der Waals surface area (Å²) >= 11 is 0. The molecule has 0 saturated carbocycles. The molecule has 0 radical (unpaired) electrons. The molecule has 2 unspecified atom stereocenters. The Hall–Kier alpha value is -4.11. The van der Waals surface area contributed by atoms with Crippen molar-refractivity contribution in [3.63, 3.8) is 0 Å². The molecule has 1 aromatic heterocycles. The van der Waals surface area contributed by atoms with Crippen LogP contribution in [0, 0.1) is 6.92 Å². The number of rotatable bonds is 12. The Labute approximate surface area is 272 Å². The normalized spacial score (nSPS) is 20.6. The van der Waals surface area contributed by atoms with Crippen LogP contribution in [-0.4, -0.2) is 72.7 Å². The summed E-state index contributed by atoms with van der Waals surface area (Å²) < 4.78 is 11.7. The van der Waals surface area contributed by atoms with Crippen molar-refractivity contribution in [1.82, 2.24) is 20.5 Å². The van der Waals surface area contributed by atoms with E-state index in [-0.39, 0.29) is 23.9 Å². The van der Waals surface area contributed by atoms with Crippen molar-refractivity contribution in [3.8, 4) is 11.5 Å². The summed E-state index contributed by atoms with van der Waals surface area (Å²) in [5.41, 5.74) is 4.37. The van der Waals surface area contributed by atoms with Gasteiger partial charge in [-0.2, -0.15) is 0 Å². The summed E-state index contributed by atoms with van der Waals surface area (Å²) in [6.07, 6.45) is 6.49. The molecule has 0 spiro atoms. The molecule has 2 aromatic carbocycles. The molecule has 0 aliphatic carbocycles. The predicted octanol–water partition coefficient (Wildman–Crippen LogP) is 5.47. The lowest BCUT2D eigenvalue weighted by atomic mass is 9.96. The van der Waals surface area contributed by atoms with Gasteiger partial charge in [0.05, 0.1) is 18.2 Å². The van der Waals surface area contributed by atoms with Gasteiger partial charge in [0.25, 0.3) is 11.8 Å². The number of benzene rings is 2. The first-order valence-electron chi connectivity index (χ1n) is 16.9. The molecule has 6 rings (SSSR count). The first kappa shape index (κ1) is 31.9. The van der Waals surface area contributed by atoms with E-state index in [0.717, 1.165) is 80.2 Å². The van der Waals surface area contributed by atoms with Crippen LogP contribution in [-0.2, 0) is 6.42 Å². The maximum atomic E-state index is 13.2. The number of anilines is 1. The fourth-order valence-electron chi connectivity index (χ4n) is 7.31. The molecule has 4 heterocycles. The van der Waals surface area contributed by atoms with Gasteiger partial charge in [-0.1, -0.05) is 32.0 Å². The molecule has 2 N–H and O–H groups in total. The number of ether oxygens (including phenoxy) is 2. The maximum Gasteiger partial charge on any atom is 0.253 e. The van der Waals surface area contributed by atoms with E-state index in [1.54, 1.807) is 6.20 Å². The van der Waals surface area contributed by atoms with Crippen molar-refractivity contribution in [2.24, 2.45) is 0 Å². The fraction of sp³-hybridized carbons (Fsp3) is 0.486. The van der Waals surface area contributed by atoms with Crippen molar-refractivity contribution in [3.05, 3.63) is 82.5 Å². The fourth-order valence-corrected chi connectivity index (χ4v) is 7.31. The van der Waals surface area contributed by atoms with Gasteiger partial charge in [-0.25, -0.2) is 4.98 Å². The standard InChI is InChI=1S/C37H47N5O4/c1-5-41(6-2)18-20-45-32-13-7-26(8-14-32)25(4)39-36(43)28-10-16-34(38-23-28)42-30-11-12-31(42)22-29(21-30)40-37(44)33-15-9-27-17-19-46-35(27)24(33)3/h7-10,13-16,23,25,29-31H,5-6,11-12,17-22H2,1-4H3,(H,39,43)(H,40,44)/t25-,29?,30?,31?/m0/s1. The molecular formula is C37H47N5O4. The topological polar surface area (TPSA) is 96.0 Å². The zero-order valence-corrected chi connectivity index (χ0v) is 27.6. The number of hydrogen-bond acceptors (Lipinski definition) is 7. The van der Waals surface area contributed by atoms with Gasteiger partial charge >= 0.3 is 0 Å². The maximum absolute atomic E-state index is 13.2. The van der Waals surface area contributed by atoms with Gasteiger partial charge in [0, 0.05) is 48.4 Å². The van der Waals surface area contributed by atoms with Crippen molar-refractivity contribution >= 4 is 17.6 Å². The lowest BCUT2D eigenvalue weighted by Crippen LogP contribution is -2.50. The van der Waals surface area contributed by atoms with Crippen LogP contribution in [0.2, 0.25) is 0 Å². The van der Waals surface area contributed by atoms with E-state index in [1.807, 2.05) is 62.4 Å². The lowest BCUT2D eigenvalue weighted by molar-refractivity contribution is 0.0922. The van der Waals surface area contributed by atoms with Crippen molar-refractivity contribution in [2.45, 2.75) is 84.0 Å². The van der Waals surface area contributed by atoms with E-state index in [1.165, 1.54) is 5.56 Å². The minimum Gasteiger partial charge on any atom is -0.493 e. The molecule has 9 heteroatoms. The zero-order chi connectivity index (χ0) is 32.2. The Kier molecular flexibility index (Phi) is 9.78. The number of fused-ring (bicyclic) bond motifs is 3. The third-order valence-electron chi connectivity index (χ3n) is 9.99. The largest absolute Gasteiger partial charge is 0.493 e. The minimum absolute atomic E-state index is 0.0217. The molecule has 2 saturated heterocycles. The van der Waals surface area contributed by atoms with Gasteiger partial charge in [0.2, 0.25) is 0 Å². The second-order valence-electron chi connectivity index (χ2n) is 12.8. The number of nitrogens with zero attached hydrogens (tertiary/aromatic N) is 3. The van der Waals surface area contributed by atoms with E-state index in [0.29, 0.717) is 36.4 Å². The number of nitrogens with one attached hydrogen (secondary N) is 2. The van der Waals surface area contributed by atoms with Gasteiger partial charge in [-0.3, -0.25) is 9.59 Å². The molecule has 46 heavy (non-hydrogen) atoms. The van der Waals surface area contributed by atoms with Gasteiger partial charge in [-0.05, 0) is 94.1 Å². The van der Waals surface area contributed by atoms with Crippen LogP contribution in [0.3, 0.4) is 0 Å². The Morgan fingerprint density at radius 1 is 1.02 bits per heavy atom. The minimum atomic E-state index is -0.157. The predicted molar refractivity (Wildman–Crippen MR) is 180 cm³/mol. The lowest BCUT2D eigenvalue weighted by Gasteiger charge is -2.40. The van der Waals surface area contributed by atoms with Crippen LogP contribution >= 0.6 is 0 Å². The van der Waals surface area contributed by atoms with Crippen LogP contribution in [0.5, 0.6) is 11.5 Å². The van der Waals surface area contributed by atoms with Gasteiger partial charge < -0.3 is 29.9 Å². The van der Waals surface area contributed by atoms with E-state index >= 15 is 0 Å². The highest BCUT2D eigenvalue weighted by Crippen LogP contribution is 2.39. The van der Waals surface area contributed by atoms with E-state index in [4.69, 9.17) is 14.5 Å². The Bertz CT molecular complexity index is 1510. The number of pyridine rings is 1. The molecule has 3 aromatic rings. The molecule has 3 atom stereocenters. The van der Waals surface area contributed by atoms with Crippen LogP contribution in [0.15, 0.2) is 54.7 Å². The quantitative estimate of drug-likeness (QED) is 0.276. The molecule has 2 bridgehead atoms. The van der Waals surface area contributed by atoms with Crippen LogP contribution in [0.4, 0.5) is 5.82 Å². The van der Waals surface area contributed by atoms with Crippen molar-refractivity contribution in [2.75, 3.05) is 37.7 Å². The summed E-state index contributed by atoms with van der Waals surface area (Å²) in [5, 5.41) is 6.41. The number of likely N-dealkylation sites (N-methyl/N-ethyl adjacent to an activating group) is 1. The van der Waals surface area contributed by atoms with Gasteiger partial charge in [-0.15, -0.1) is 0 Å². The third-order valence-corrected chi connectivity index (χ3v) is 9.99. The molecule has 3 aliphatic rings.